The number of halogens is 1. The number of allylic oxidation sites excluding steroid dienone is 9. The van der Waals surface area contributed by atoms with Crippen molar-refractivity contribution < 1.29 is 0 Å². The zero-order valence-corrected chi connectivity index (χ0v) is 24.6. The van der Waals surface area contributed by atoms with Crippen LogP contribution in [-0.2, 0) is 6.42 Å². The van der Waals surface area contributed by atoms with Crippen molar-refractivity contribution in [3.8, 4) is 0 Å². The number of hydrogen-bond donors (Lipinski definition) is 0. The van der Waals surface area contributed by atoms with Crippen LogP contribution < -0.4 is 0 Å². The molecule has 1 aromatic carbocycles. The van der Waals surface area contributed by atoms with E-state index in [-0.39, 0.29) is 0 Å². The summed E-state index contributed by atoms with van der Waals surface area (Å²) in [4.78, 5) is 2.76. The minimum atomic E-state index is 0.699. The Labute approximate surface area is 236 Å². The van der Waals surface area contributed by atoms with Gasteiger partial charge in [-0.3, -0.25) is 0 Å². The standard InChI is InChI=1S/C34H46ClN3/c1-6-13-32(14-7-2)38-33(26-34(36-38)27(4)18-19-28(5)35)17-12-25-37(24-8-3)31-22-20-30(21-23-31)29-15-10-9-11-16-29/h6-7,9-11,13-16,18-19,26,30-31H,1,8,12,17,20-25H2,2-5H3/b14-7-,27-18+,28-19+,32-13+. The van der Waals surface area contributed by atoms with Crippen molar-refractivity contribution in [1.82, 2.24) is 14.7 Å². The Morgan fingerprint density at radius 3 is 2.45 bits per heavy atom. The van der Waals surface area contributed by atoms with Gasteiger partial charge in [0.25, 0.3) is 0 Å². The van der Waals surface area contributed by atoms with Crippen molar-refractivity contribution in [2.45, 2.75) is 84.6 Å². The molecule has 3 rings (SSSR count). The van der Waals surface area contributed by atoms with Crippen LogP contribution in [0.3, 0.4) is 0 Å². The van der Waals surface area contributed by atoms with Crippen molar-refractivity contribution in [3.05, 3.63) is 101 Å². The number of aromatic nitrogens is 2. The normalized spacial score (nSPS) is 19.5. The van der Waals surface area contributed by atoms with Crippen molar-refractivity contribution in [2.75, 3.05) is 13.1 Å². The first-order valence-corrected chi connectivity index (χ1v) is 14.7. The quantitative estimate of drug-likeness (QED) is 0.240. The zero-order valence-electron chi connectivity index (χ0n) is 23.9. The SMILES string of the molecule is C=C/C=C(\C=C/C)n1nc(/C(C)=C/C=C(\C)Cl)cc1CCCN(CCC)C1CCC(c2ccccc2)CC1. The van der Waals surface area contributed by atoms with Gasteiger partial charge in [-0.1, -0.05) is 73.7 Å². The van der Waals surface area contributed by atoms with Crippen LogP contribution in [-0.4, -0.2) is 33.8 Å². The summed E-state index contributed by atoms with van der Waals surface area (Å²) >= 11 is 6.06. The Hall–Kier alpha value is -2.62. The van der Waals surface area contributed by atoms with Crippen LogP contribution in [0, 0.1) is 0 Å². The Balaban J connectivity index is 1.71. The second-order valence-corrected chi connectivity index (χ2v) is 11.0. The van der Waals surface area contributed by atoms with Gasteiger partial charge in [-0.25, -0.2) is 4.68 Å². The predicted molar refractivity (Wildman–Crippen MR) is 166 cm³/mol. The molecule has 4 heteroatoms. The van der Waals surface area contributed by atoms with Gasteiger partial charge in [-0.15, -0.1) is 0 Å². The van der Waals surface area contributed by atoms with Crippen molar-refractivity contribution >= 4 is 22.9 Å². The number of nitrogens with zero attached hydrogens (tertiary/aromatic N) is 3. The fourth-order valence-corrected chi connectivity index (χ4v) is 5.62. The van der Waals surface area contributed by atoms with Gasteiger partial charge in [0, 0.05) is 16.8 Å². The molecule has 0 atom stereocenters. The second kappa shape index (κ2) is 15.7. The fraction of sp³-hybridized carbons (Fsp3) is 0.441. The van der Waals surface area contributed by atoms with Crippen molar-refractivity contribution in [3.63, 3.8) is 0 Å². The molecule has 3 nitrogen and oxygen atoms in total. The molecule has 0 aliphatic heterocycles. The molecule has 1 saturated carbocycles. The summed E-state index contributed by atoms with van der Waals surface area (Å²) in [7, 11) is 0. The van der Waals surface area contributed by atoms with E-state index in [4.69, 9.17) is 16.7 Å². The summed E-state index contributed by atoms with van der Waals surface area (Å²) in [5.74, 6) is 0.721. The topological polar surface area (TPSA) is 21.1 Å². The lowest BCUT2D eigenvalue weighted by Crippen LogP contribution is -2.39. The van der Waals surface area contributed by atoms with E-state index in [9.17, 15) is 0 Å². The highest BCUT2D eigenvalue weighted by molar-refractivity contribution is 6.29. The maximum Gasteiger partial charge on any atom is 0.0887 e. The van der Waals surface area contributed by atoms with Crippen LogP contribution in [0.4, 0.5) is 0 Å². The first-order chi connectivity index (χ1) is 18.5. The summed E-state index contributed by atoms with van der Waals surface area (Å²) in [6.07, 6.45) is 20.5. The maximum absolute atomic E-state index is 6.06. The third kappa shape index (κ3) is 8.71. The summed E-state index contributed by atoms with van der Waals surface area (Å²) < 4.78 is 2.08. The lowest BCUT2D eigenvalue weighted by atomic mass is 9.81. The Morgan fingerprint density at radius 1 is 1.08 bits per heavy atom. The van der Waals surface area contributed by atoms with E-state index < -0.39 is 0 Å². The molecule has 0 N–H and O–H groups in total. The molecule has 38 heavy (non-hydrogen) atoms. The van der Waals surface area contributed by atoms with E-state index in [1.807, 2.05) is 38.2 Å². The van der Waals surface area contributed by atoms with Gasteiger partial charge in [-0.2, -0.15) is 5.10 Å². The predicted octanol–water partition coefficient (Wildman–Crippen LogP) is 9.40. The van der Waals surface area contributed by atoms with E-state index >= 15 is 0 Å². The largest absolute Gasteiger partial charge is 0.300 e. The van der Waals surface area contributed by atoms with Crippen LogP contribution in [0.5, 0.6) is 0 Å². The van der Waals surface area contributed by atoms with Crippen LogP contribution in [0.1, 0.15) is 89.1 Å². The van der Waals surface area contributed by atoms with Crippen LogP contribution in [0.2, 0.25) is 0 Å². The Kier molecular flexibility index (Phi) is 12.4. The van der Waals surface area contributed by atoms with E-state index in [2.05, 4.69) is 78.6 Å². The van der Waals surface area contributed by atoms with Crippen LogP contribution in [0.15, 0.2) is 84.5 Å². The molecular formula is C34H46ClN3. The highest BCUT2D eigenvalue weighted by Gasteiger charge is 2.26. The van der Waals surface area contributed by atoms with Crippen molar-refractivity contribution in [2.24, 2.45) is 0 Å². The minimum Gasteiger partial charge on any atom is -0.300 e. The zero-order chi connectivity index (χ0) is 27.3. The van der Waals surface area contributed by atoms with Gasteiger partial charge >= 0.3 is 0 Å². The van der Waals surface area contributed by atoms with E-state index in [0.29, 0.717) is 6.04 Å². The van der Waals surface area contributed by atoms with Crippen molar-refractivity contribution in [1.29, 1.82) is 0 Å². The monoisotopic (exact) mass is 531 g/mol. The summed E-state index contributed by atoms with van der Waals surface area (Å²) in [6, 6.07) is 14.0. The molecule has 1 fully saturated rings. The number of benzene rings is 1. The van der Waals surface area contributed by atoms with E-state index in [1.54, 1.807) is 0 Å². The van der Waals surface area contributed by atoms with Gasteiger partial charge in [0.2, 0.25) is 0 Å². The fourth-order valence-electron chi connectivity index (χ4n) is 5.55. The smallest absolute Gasteiger partial charge is 0.0887 e. The maximum atomic E-state index is 6.06. The molecule has 0 radical (unpaired) electrons. The third-order valence-electron chi connectivity index (χ3n) is 7.49. The van der Waals surface area contributed by atoms with E-state index in [1.165, 1.54) is 49.9 Å². The first kappa shape index (κ1) is 29.9. The molecular weight excluding hydrogens is 486 g/mol. The highest BCUT2D eigenvalue weighted by Crippen LogP contribution is 2.35. The van der Waals surface area contributed by atoms with Gasteiger partial charge in [0.15, 0.2) is 0 Å². The molecule has 0 amide bonds. The average Bonchev–Trinajstić information content (AvgIpc) is 3.36. The molecule has 1 heterocycles. The minimum absolute atomic E-state index is 0.699. The molecule has 1 aliphatic rings. The lowest BCUT2D eigenvalue weighted by Gasteiger charge is -2.37. The molecule has 0 bridgehead atoms. The lowest BCUT2D eigenvalue weighted by molar-refractivity contribution is 0.147. The van der Waals surface area contributed by atoms with Crippen LogP contribution >= 0.6 is 11.6 Å². The number of aryl methyl sites for hydroxylation is 1. The highest BCUT2D eigenvalue weighted by atomic mass is 35.5. The number of hydrogen-bond acceptors (Lipinski definition) is 2. The number of rotatable bonds is 13. The molecule has 2 aromatic rings. The van der Waals surface area contributed by atoms with E-state index in [0.717, 1.165) is 47.3 Å². The van der Waals surface area contributed by atoms with Gasteiger partial charge in [0.05, 0.1) is 11.4 Å². The van der Waals surface area contributed by atoms with Gasteiger partial charge < -0.3 is 4.90 Å². The van der Waals surface area contributed by atoms with Crippen LogP contribution in [0.25, 0.3) is 11.3 Å². The first-order valence-electron chi connectivity index (χ1n) is 14.3. The molecule has 0 saturated heterocycles. The Bertz CT molecular complexity index is 1120. The molecule has 204 valence electrons. The summed E-state index contributed by atoms with van der Waals surface area (Å²) in [6.45, 7) is 14.5. The van der Waals surface area contributed by atoms with Gasteiger partial charge in [-0.05, 0) is 120 Å². The second-order valence-electron chi connectivity index (χ2n) is 10.4. The third-order valence-corrected chi connectivity index (χ3v) is 7.62. The average molecular weight is 532 g/mol. The molecule has 1 aromatic heterocycles. The summed E-state index contributed by atoms with van der Waals surface area (Å²) in [5, 5.41) is 5.74. The molecule has 0 unspecified atom stereocenters. The molecule has 1 aliphatic carbocycles. The van der Waals surface area contributed by atoms with Gasteiger partial charge in [0.1, 0.15) is 0 Å². The Morgan fingerprint density at radius 2 is 1.82 bits per heavy atom. The summed E-state index contributed by atoms with van der Waals surface area (Å²) in [5.41, 5.74) is 5.87. The molecule has 0 spiro atoms.